The summed E-state index contributed by atoms with van der Waals surface area (Å²) in [6.07, 6.45) is 9.90. The van der Waals surface area contributed by atoms with Crippen LogP contribution in [-0.2, 0) is 29.7 Å². The quantitative estimate of drug-likeness (QED) is 0.153. The maximum absolute atomic E-state index is 12.2. The minimum absolute atomic E-state index is 0.205. The fourth-order valence-electron chi connectivity index (χ4n) is 5.54. The summed E-state index contributed by atoms with van der Waals surface area (Å²) in [6.45, 7) is 27.0. The van der Waals surface area contributed by atoms with E-state index < -0.39 is 21.9 Å². The number of aryl methyl sites for hydroxylation is 2. The SMILES string of the molecule is CC(C)CCN1CCCCC1.CC(C)CCS(=O)(=O)c1ccccc1.CC(C)CCc1ncn[nH]1.CC(C)Cc1ncnn1C.CCC(CCC(C)C)C(F)(F)F. The van der Waals surface area contributed by atoms with E-state index in [4.69, 9.17) is 0 Å². The lowest BCUT2D eigenvalue weighted by Gasteiger charge is -2.26. The van der Waals surface area contributed by atoms with Crippen LogP contribution in [0.4, 0.5) is 13.2 Å². The Labute approximate surface area is 345 Å². The van der Waals surface area contributed by atoms with E-state index in [1.165, 1.54) is 51.7 Å². The second-order valence-electron chi connectivity index (χ2n) is 17.3. The summed E-state index contributed by atoms with van der Waals surface area (Å²) >= 11 is 0. The zero-order valence-electron chi connectivity index (χ0n) is 37.7. The molecule has 0 bridgehead atoms. The van der Waals surface area contributed by atoms with Crippen LogP contribution in [0.25, 0.3) is 0 Å². The number of hydrogen-bond donors (Lipinski definition) is 1. The molecule has 9 nitrogen and oxygen atoms in total. The first kappa shape index (κ1) is 54.2. The maximum Gasteiger partial charge on any atom is 0.391 e. The van der Waals surface area contributed by atoms with Crippen molar-refractivity contribution in [2.24, 2.45) is 42.6 Å². The average Bonchev–Trinajstić information content (AvgIpc) is 3.82. The molecule has 3 aromatic rings. The van der Waals surface area contributed by atoms with Crippen molar-refractivity contribution < 1.29 is 21.6 Å². The molecule has 1 unspecified atom stereocenters. The Morgan fingerprint density at radius 1 is 0.737 bits per heavy atom. The number of nitrogens with one attached hydrogen (secondary N) is 1. The standard InChI is InChI=1S/C11H16O2S.C10H21N.C9H17F3.2C7H13N3/c1-10(2)8-9-14(12,13)11-6-4-3-5-7-11;1-10(2)6-9-11-7-4-3-5-8-11;1-4-8(9(10,11)12)6-5-7(2)3;1-6(2)4-7-8-5-9-10(7)3;1-6(2)3-4-7-8-5-9-10-7/h3-7,10H,8-9H2,1-2H3;10H,3-9H2,1-2H3;7-8H,4-6H2,1-3H3;5-6H,4H2,1-3H3;5-6H,3-4H2,1-2H3,(H,8,9,10). The van der Waals surface area contributed by atoms with E-state index in [-0.39, 0.29) is 18.6 Å². The first-order chi connectivity index (χ1) is 26.7. The zero-order valence-corrected chi connectivity index (χ0v) is 38.5. The highest BCUT2D eigenvalue weighted by Crippen LogP contribution is 2.33. The van der Waals surface area contributed by atoms with E-state index in [0.717, 1.165) is 42.7 Å². The number of alkyl halides is 3. The van der Waals surface area contributed by atoms with Gasteiger partial charge in [-0.05, 0) is 106 Å². The van der Waals surface area contributed by atoms with Gasteiger partial charge in [0.15, 0.2) is 9.84 Å². The Bertz CT molecular complexity index is 1450. The van der Waals surface area contributed by atoms with Crippen LogP contribution in [-0.4, -0.2) is 74.8 Å². The molecule has 1 fully saturated rings. The number of nitrogens with zero attached hydrogens (tertiary/aromatic N) is 6. The fraction of sp³-hybridized carbons (Fsp3) is 0.773. The fourth-order valence-corrected chi connectivity index (χ4v) is 7.13. The van der Waals surface area contributed by atoms with Gasteiger partial charge in [0, 0.05) is 19.9 Å². The zero-order chi connectivity index (χ0) is 43.4. The van der Waals surface area contributed by atoms with Gasteiger partial charge >= 0.3 is 6.18 Å². The molecule has 0 aliphatic carbocycles. The average molecular weight is 828 g/mol. The predicted molar refractivity (Wildman–Crippen MR) is 231 cm³/mol. The topological polar surface area (TPSA) is 110 Å². The van der Waals surface area contributed by atoms with E-state index in [9.17, 15) is 21.6 Å². The molecule has 1 aliphatic rings. The van der Waals surface area contributed by atoms with E-state index >= 15 is 0 Å². The third kappa shape index (κ3) is 29.1. The second kappa shape index (κ2) is 30.3. The number of aromatic amines is 1. The molecule has 330 valence electrons. The molecule has 3 heterocycles. The van der Waals surface area contributed by atoms with Crippen LogP contribution in [0.5, 0.6) is 0 Å². The van der Waals surface area contributed by atoms with Crippen molar-refractivity contribution >= 4 is 9.84 Å². The van der Waals surface area contributed by atoms with Crippen LogP contribution < -0.4 is 0 Å². The highest BCUT2D eigenvalue weighted by molar-refractivity contribution is 7.91. The van der Waals surface area contributed by atoms with Gasteiger partial charge in [-0.25, -0.2) is 18.4 Å². The van der Waals surface area contributed by atoms with Crippen LogP contribution in [0.1, 0.15) is 146 Å². The van der Waals surface area contributed by atoms with Crippen LogP contribution >= 0.6 is 0 Å². The highest BCUT2D eigenvalue weighted by atomic mass is 32.2. The minimum atomic E-state index is -4.00. The van der Waals surface area contributed by atoms with E-state index in [2.05, 4.69) is 71.7 Å². The summed E-state index contributed by atoms with van der Waals surface area (Å²) in [5.74, 6) is 4.26. The Hall–Kier alpha value is -2.80. The van der Waals surface area contributed by atoms with Gasteiger partial charge in [-0.3, -0.25) is 9.78 Å². The molecule has 1 saturated heterocycles. The second-order valence-corrected chi connectivity index (χ2v) is 19.4. The summed E-state index contributed by atoms with van der Waals surface area (Å²) in [6, 6.07) is 8.62. The van der Waals surface area contributed by atoms with Gasteiger partial charge in [0.1, 0.15) is 24.3 Å². The number of hydrogen-bond acceptors (Lipinski definition) is 7. The van der Waals surface area contributed by atoms with Gasteiger partial charge in [-0.15, -0.1) is 0 Å². The molecule has 0 saturated carbocycles. The molecule has 2 aromatic heterocycles. The Morgan fingerprint density at radius 2 is 1.32 bits per heavy atom. The predicted octanol–water partition coefficient (Wildman–Crippen LogP) is 11.4. The summed E-state index contributed by atoms with van der Waals surface area (Å²) in [5, 5.41) is 10.6. The van der Waals surface area contributed by atoms with Crippen molar-refractivity contribution in [2.75, 3.05) is 25.4 Å². The molecule has 1 N–H and O–H groups in total. The Kier molecular flexibility index (Phi) is 28.8. The van der Waals surface area contributed by atoms with Crippen molar-refractivity contribution in [3.8, 4) is 0 Å². The largest absolute Gasteiger partial charge is 0.391 e. The smallest absolute Gasteiger partial charge is 0.303 e. The molecule has 0 amide bonds. The normalized spacial score (nSPS) is 14.0. The number of benzene rings is 1. The maximum atomic E-state index is 12.2. The van der Waals surface area contributed by atoms with Crippen LogP contribution in [0.3, 0.4) is 0 Å². The summed E-state index contributed by atoms with van der Waals surface area (Å²) < 4.78 is 61.8. The molecule has 1 aliphatic heterocycles. The van der Waals surface area contributed by atoms with Gasteiger partial charge < -0.3 is 4.90 Å². The van der Waals surface area contributed by atoms with Gasteiger partial charge in [-0.1, -0.05) is 107 Å². The van der Waals surface area contributed by atoms with Crippen molar-refractivity contribution in [3.05, 3.63) is 54.6 Å². The first-order valence-electron chi connectivity index (χ1n) is 21.4. The van der Waals surface area contributed by atoms with E-state index in [1.807, 2.05) is 45.5 Å². The summed E-state index contributed by atoms with van der Waals surface area (Å²) in [7, 11) is -1.13. The number of likely N-dealkylation sites (tertiary alicyclic amines) is 1. The lowest BCUT2D eigenvalue weighted by atomic mass is 9.95. The Morgan fingerprint density at radius 3 is 1.75 bits per heavy atom. The number of sulfone groups is 1. The summed E-state index contributed by atoms with van der Waals surface area (Å²) in [4.78, 5) is 11.2. The van der Waals surface area contributed by atoms with Gasteiger partial charge in [0.05, 0.1) is 16.6 Å². The third-order valence-corrected chi connectivity index (χ3v) is 11.2. The van der Waals surface area contributed by atoms with E-state index in [1.54, 1.807) is 43.8 Å². The lowest BCUT2D eigenvalue weighted by Crippen LogP contribution is -2.31. The Balaban J connectivity index is 0.000000691. The molecule has 0 spiro atoms. The van der Waals surface area contributed by atoms with Gasteiger partial charge in [0.2, 0.25) is 0 Å². The third-order valence-electron chi connectivity index (χ3n) is 9.41. The van der Waals surface area contributed by atoms with Gasteiger partial charge in [0.25, 0.3) is 0 Å². The van der Waals surface area contributed by atoms with E-state index in [0.29, 0.717) is 29.1 Å². The number of piperidine rings is 1. The van der Waals surface area contributed by atoms with Gasteiger partial charge in [-0.2, -0.15) is 23.4 Å². The number of H-pyrrole nitrogens is 1. The van der Waals surface area contributed by atoms with Crippen LogP contribution in [0, 0.1) is 35.5 Å². The van der Waals surface area contributed by atoms with Crippen molar-refractivity contribution in [3.63, 3.8) is 0 Å². The molecule has 4 rings (SSSR count). The molecule has 0 radical (unpaired) electrons. The summed E-state index contributed by atoms with van der Waals surface area (Å²) in [5.41, 5.74) is 0. The minimum Gasteiger partial charge on any atom is -0.303 e. The van der Waals surface area contributed by atoms with Crippen molar-refractivity contribution in [1.29, 1.82) is 0 Å². The first-order valence-corrected chi connectivity index (χ1v) is 23.1. The molecular weight excluding hydrogens is 748 g/mol. The molecule has 1 aromatic carbocycles. The number of aromatic nitrogens is 6. The molecular formula is C44H80F3N7O2S. The lowest BCUT2D eigenvalue weighted by molar-refractivity contribution is -0.177. The van der Waals surface area contributed by atoms with Crippen LogP contribution in [0.15, 0.2) is 47.9 Å². The molecule has 1 atom stereocenters. The highest BCUT2D eigenvalue weighted by Gasteiger charge is 2.37. The number of halogens is 3. The van der Waals surface area contributed by atoms with Crippen molar-refractivity contribution in [1.82, 2.24) is 34.8 Å². The van der Waals surface area contributed by atoms with Crippen molar-refractivity contribution in [2.45, 2.75) is 158 Å². The van der Waals surface area contributed by atoms with Crippen LogP contribution in [0.2, 0.25) is 0 Å². The molecule has 13 heteroatoms. The molecule has 57 heavy (non-hydrogen) atoms. The monoisotopic (exact) mass is 828 g/mol. The number of rotatable bonds is 16.